The number of carbonyl (C=O) groups excluding carboxylic acids is 1. The Bertz CT molecular complexity index is 813. The first kappa shape index (κ1) is 19.0. The van der Waals surface area contributed by atoms with Crippen molar-refractivity contribution in [2.75, 3.05) is 39.4 Å². The fraction of sp³-hybridized carbons (Fsp3) is 0.435. The molecule has 1 fully saturated rings. The molecule has 1 N–H and O–H groups in total. The predicted octanol–water partition coefficient (Wildman–Crippen LogP) is 3.38. The van der Waals surface area contributed by atoms with Crippen LogP contribution in [0.2, 0.25) is 0 Å². The fourth-order valence-corrected chi connectivity index (χ4v) is 3.94. The zero-order chi connectivity index (χ0) is 19.3. The highest BCUT2D eigenvalue weighted by molar-refractivity contribution is 5.98. The van der Waals surface area contributed by atoms with E-state index in [-0.39, 0.29) is 5.78 Å². The maximum atomic E-state index is 12.6. The Morgan fingerprint density at radius 3 is 2.50 bits per heavy atom. The van der Waals surface area contributed by atoms with Gasteiger partial charge in [0.05, 0.1) is 6.54 Å². The van der Waals surface area contributed by atoms with E-state index >= 15 is 0 Å². The lowest BCUT2D eigenvalue weighted by Gasteiger charge is -2.28. The van der Waals surface area contributed by atoms with Crippen molar-refractivity contribution in [3.63, 3.8) is 0 Å². The standard InChI is InChI=1S/C23H28N2O3/c1-17-4-6-18(7-5-17)20(25-10-2-3-11-25)15-24-16-21(26)19-8-9-22-23(14-19)28-13-12-27-22/h4-9,14,20,24H,2-3,10-13,15-16H2,1H3. The van der Waals surface area contributed by atoms with Crippen molar-refractivity contribution in [1.29, 1.82) is 0 Å². The van der Waals surface area contributed by atoms with Gasteiger partial charge in [-0.2, -0.15) is 0 Å². The van der Waals surface area contributed by atoms with Crippen LogP contribution < -0.4 is 14.8 Å². The van der Waals surface area contributed by atoms with Crippen molar-refractivity contribution < 1.29 is 14.3 Å². The molecule has 2 aromatic carbocycles. The molecule has 2 aliphatic rings. The number of fused-ring (bicyclic) bond motifs is 1. The Balaban J connectivity index is 1.38. The molecule has 1 saturated heterocycles. The molecule has 0 amide bonds. The summed E-state index contributed by atoms with van der Waals surface area (Å²) in [4.78, 5) is 15.2. The first-order valence-corrected chi connectivity index (χ1v) is 10.1. The van der Waals surface area contributed by atoms with E-state index in [0.717, 1.165) is 19.6 Å². The van der Waals surface area contributed by atoms with Gasteiger partial charge < -0.3 is 14.8 Å². The van der Waals surface area contributed by atoms with Crippen LogP contribution in [0.25, 0.3) is 0 Å². The minimum absolute atomic E-state index is 0.0704. The van der Waals surface area contributed by atoms with Gasteiger partial charge >= 0.3 is 0 Å². The summed E-state index contributed by atoms with van der Waals surface area (Å²) in [6, 6.07) is 14.5. The van der Waals surface area contributed by atoms with Crippen molar-refractivity contribution in [2.45, 2.75) is 25.8 Å². The third-order valence-corrected chi connectivity index (χ3v) is 5.53. The van der Waals surface area contributed by atoms with E-state index in [1.165, 1.54) is 24.0 Å². The molecule has 0 radical (unpaired) electrons. The lowest BCUT2D eigenvalue weighted by molar-refractivity contribution is 0.0986. The Morgan fingerprint density at radius 1 is 1.04 bits per heavy atom. The summed E-state index contributed by atoms with van der Waals surface area (Å²) in [5.74, 6) is 1.44. The topological polar surface area (TPSA) is 50.8 Å². The monoisotopic (exact) mass is 380 g/mol. The number of aryl methyl sites for hydroxylation is 1. The molecule has 0 bridgehead atoms. The number of nitrogens with zero attached hydrogens (tertiary/aromatic N) is 1. The average Bonchev–Trinajstić information content (AvgIpc) is 3.26. The second-order valence-electron chi connectivity index (χ2n) is 7.58. The Labute approximate surface area is 166 Å². The molecule has 28 heavy (non-hydrogen) atoms. The number of ether oxygens (including phenoxy) is 2. The van der Waals surface area contributed by atoms with Crippen LogP contribution in [0.3, 0.4) is 0 Å². The van der Waals surface area contributed by atoms with Crippen LogP contribution in [0.5, 0.6) is 11.5 Å². The van der Waals surface area contributed by atoms with Crippen LogP contribution in [0.15, 0.2) is 42.5 Å². The lowest BCUT2D eigenvalue weighted by Crippen LogP contribution is -2.36. The largest absolute Gasteiger partial charge is 0.486 e. The number of hydrogen-bond acceptors (Lipinski definition) is 5. The van der Waals surface area contributed by atoms with Crippen molar-refractivity contribution >= 4 is 5.78 Å². The average molecular weight is 380 g/mol. The quantitative estimate of drug-likeness (QED) is 0.747. The number of benzene rings is 2. The molecule has 2 aliphatic heterocycles. The van der Waals surface area contributed by atoms with Crippen LogP contribution in [0.4, 0.5) is 0 Å². The normalized spacial score (nSPS) is 17.5. The van der Waals surface area contributed by atoms with Gasteiger partial charge in [-0.15, -0.1) is 0 Å². The number of Topliss-reactive ketones (excluding diaryl/α,β-unsaturated/α-hetero) is 1. The summed E-state index contributed by atoms with van der Waals surface area (Å²) in [5, 5.41) is 3.39. The Morgan fingerprint density at radius 2 is 1.75 bits per heavy atom. The van der Waals surface area contributed by atoms with E-state index in [4.69, 9.17) is 9.47 Å². The third kappa shape index (κ3) is 4.37. The molecule has 0 aliphatic carbocycles. The molecule has 1 atom stereocenters. The van der Waals surface area contributed by atoms with Crippen molar-refractivity contribution in [1.82, 2.24) is 10.2 Å². The summed E-state index contributed by atoms with van der Waals surface area (Å²) in [5.41, 5.74) is 3.24. The van der Waals surface area contributed by atoms with Gasteiger partial charge in [0.1, 0.15) is 13.2 Å². The maximum absolute atomic E-state index is 12.6. The fourth-order valence-electron chi connectivity index (χ4n) is 3.94. The van der Waals surface area contributed by atoms with E-state index in [9.17, 15) is 4.79 Å². The molecule has 5 nitrogen and oxygen atoms in total. The smallest absolute Gasteiger partial charge is 0.176 e. The molecule has 148 valence electrons. The molecule has 2 heterocycles. The number of hydrogen-bond donors (Lipinski definition) is 1. The van der Waals surface area contributed by atoms with Gasteiger partial charge in [-0.3, -0.25) is 9.69 Å². The van der Waals surface area contributed by atoms with Crippen molar-refractivity contribution in [2.24, 2.45) is 0 Å². The summed E-state index contributed by atoms with van der Waals surface area (Å²) in [6.07, 6.45) is 2.50. The first-order valence-electron chi connectivity index (χ1n) is 10.1. The number of carbonyl (C=O) groups is 1. The summed E-state index contributed by atoms with van der Waals surface area (Å²) in [7, 11) is 0. The number of ketones is 1. The maximum Gasteiger partial charge on any atom is 0.176 e. The van der Waals surface area contributed by atoms with E-state index in [0.29, 0.717) is 42.9 Å². The van der Waals surface area contributed by atoms with Gasteiger partial charge in [0.2, 0.25) is 0 Å². The zero-order valence-electron chi connectivity index (χ0n) is 16.4. The molecule has 0 saturated carbocycles. The van der Waals surface area contributed by atoms with Gasteiger partial charge in [-0.25, -0.2) is 0 Å². The molecular formula is C23H28N2O3. The molecule has 4 rings (SSSR count). The summed E-state index contributed by atoms with van der Waals surface area (Å²) < 4.78 is 11.1. The highest BCUT2D eigenvalue weighted by Crippen LogP contribution is 2.31. The van der Waals surface area contributed by atoms with Gasteiger partial charge in [0, 0.05) is 18.2 Å². The van der Waals surface area contributed by atoms with Gasteiger partial charge in [0.15, 0.2) is 17.3 Å². The van der Waals surface area contributed by atoms with E-state index in [2.05, 4.69) is 41.4 Å². The SMILES string of the molecule is Cc1ccc(C(CNCC(=O)c2ccc3c(c2)OCCO3)N2CCCC2)cc1. The van der Waals surface area contributed by atoms with Crippen LogP contribution in [-0.4, -0.2) is 50.1 Å². The van der Waals surface area contributed by atoms with Gasteiger partial charge in [-0.1, -0.05) is 29.8 Å². The van der Waals surface area contributed by atoms with Crippen molar-refractivity contribution in [3.8, 4) is 11.5 Å². The van der Waals surface area contributed by atoms with E-state index in [1.807, 2.05) is 12.1 Å². The third-order valence-electron chi connectivity index (χ3n) is 5.53. The number of nitrogens with one attached hydrogen (secondary N) is 1. The minimum Gasteiger partial charge on any atom is -0.486 e. The predicted molar refractivity (Wildman–Crippen MR) is 109 cm³/mol. The van der Waals surface area contributed by atoms with E-state index in [1.54, 1.807) is 6.07 Å². The molecule has 0 spiro atoms. The summed E-state index contributed by atoms with van der Waals surface area (Å²) in [6.45, 7) is 6.51. The van der Waals surface area contributed by atoms with Crippen LogP contribution in [0.1, 0.15) is 40.4 Å². The Hall–Kier alpha value is -2.37. The zero-order valence-corrected chi connectivity index (χ0v) is 16.4. The van der Waals surface area contributed by atoms with Crippen LogP contribution in [0, 0.1) is 6.92 Å². The van der Waals surface area contributed by atoms with Gasteiger partial charge in [0.25, 0.3) is 0 Å². The van der Waals surface area contributed by atoms with E-state index < -0.39 is 0 Å². The second kappa shape index (κ2) is 8.76. The molecule has 1 unspecified atom stereocenters. The Kier molecular flexibility index (Phi) is 5.93. The molecule has 5 heteroatoms. The molecule has 2 aromatic rings. The molecular weight excluding hydrogens is 352 g/mol. The highest BCUT2D eigenvalue weighted by atomic mass is 16.6. The summed E-state index contributed by atoms with van der Waals surface area (Å²) >= 11 is 0. The first-order chi connectivity index (χ1) is 13.7. The lowest BCUT2D eigenvalue weighted by atomic mass is 10.0. The van der Waals surface area contributed by atoms with Crippen LogP contribution in [-0.2, 0) is 0 Å². The van der Waals surface area contributed by atoms with Crippen LogP contribution >= 0.6 is 0 Å². The number of likely N-dealkylation sites (tertiary alicyclic amines) is 1. The second-order valence-corrected chi connectivity index (χ2v) is 7.58. The van der Waals surface area contributed by atoms with Crippen molar-refractivity contribution in [3.05, 3.63) is 59.2 Å². The molecule has 0 aromatic heterocycles. The van der Waals surface area contributed by atoms with Gasteiger partial charge in [-0.05, 0) is 56.6 Å². The highest BCUT2D eigenvalue weighted by Gasteiger charge is 2.23. The minimum atomic E-state index is 0.0704. The number of rotatable bonds is 7.